The molecule has 0 radical (unpaired) electrons. The van der Waals surface area contributed by atoms with Gasteiger partial charge in [-0.05, 0) is 60.5 Å². The topological polar surface area (TPSA) is 101 Å². The van der Waals surface area contributed by atoms with Gasteiger partial charge in [0.1, 0.15) is 6.04 Å². The highest BCUT2D eigenvalue weighted by atomic mass is 16.2. The summed E-state index contributed by atoms with van der Waals surface area (Å²) in [6, 6.07) is 22.1. The molecule has 3 heterocycles. The van der Waals surface area contributed by atoms with Crippen molar-refractivity contribution in [2.45, 2.75) is 31.8 Å². The zero-order chi connectivity index (χ0) is 29.9. The molecule has 4 amide bonds. The van der Waals surface area contributed by atoms with Crippen LogP contribution in [0.1, 0.15) is 39.9 Å². The highest BCUT2D eigenvalue weighted by Gasteiger charge is 2.33. The quantitative estimate of drug-likeness (QED) is 0.315. The molecular formula is C34H38N6O3. The molecule has 2 atom stereocenters. The summed E-state index contributed by atoms with van der Waals surface area (Å²) in [5.41, 5.74) is 5.81. The van der Waals surface area contributed by atoms with E-state index < -0.39 is 6.04 Å². The zero-order valence-corrected chi connectivity index (χ0v) is 24.7. The minimum Gasteiger partial charge on any atom is -0.361 e. The summed E-state index contributed by atoms with van der Waals surface area (Å²) in [6.45, 7) is 5.46. The lowest BCUT2D eigenvalue weighted by Gasteiger charge is -2.36. The third kappa shape index (κ3) is 6.12. The van der Waals surface area contributed by atoms with Crippen molar-refractivity contribution in [2.24, 2.45) is 0 Å². The number of hydrogen-bond donors (Lipinski definition) is 3. The molecule has 6 rings (SSSR count). The molecule has 0 bridgehead atoms. The van der Waals surface area contributed by atoms with Crippen LogP contribution >= 0.6 is 0 Å². The van der Waals surface area contributed by atoms with Crippen molar-refractivity contribution in [1.29, 1.82) is 0 Å². The second-order valence-electron chi connectivity index (χ2n) is 11.6. The molecule has 2 aliphatic heterocycles. The summed E-state index contributed by atoms with van der Waals surface area (Å²) in [5, 5.41) is 7.17. The van der Waals surface area contributed by atoms with Crippen LogP contribution in [0.4, 0.5) is 10.5 Å². The normalized spacial score (nSPS) is 16.8. The Morgan fingerprint density at radius 3 is 2.35 bits per heavy atom. The molecule has 222 valence electrons. The molecule has 9 heteroatoms. The van der Waals surface area contributed by atoms with E-state index in [1.165, 1.54) is 11.1 Å². The van der Waals surface area contributed by atoms with Gasteiger partial charge in [0, 0.05) is 73.5 Å². The second kappa shape index (κ2) is 12.3. The Kier molecular flexibility index (Phi) is 8.16. The summed E-state index contributed by atoms with van der Waals surface area (Å²) in [7, 11) is 2.10. The van der Waals surface area contributed by atoms with Gasteiger partial charge in [-0.25, -0.2) is 4.79 Å². The van der Waals surface area contributed by atoms with Gasteiger partial charge >= 0.3 is 6.03 Å². The first-order valence-electron chi connectivity index (χ1n) is 14.9. The van der Waals surface area contributed by atoms with Gasteiger partial charge in [-0.15, -0.1) is 0 Å². The number of aromatic amines is 1. The predicted molar refractivity (Wildman–Crippen MR) is 168 cm³/mol. The van der Waals surface area contributed by atoms with E-state index in [1.807, 2.05) is 67.7 Å². The maximum atomic E-state index is 13.9. The number of nitrogens with zero attached hydrogens (tertiary/aromatic N) is 3. The number of hydrogen-bond acceptors (Lipinski definition) is 4. The molecular weight excluding hydrogens is 540 g/mol. The fourth-order valence-corrected chi connectivity index (χ4v) is 6.16. The second-order valence-corrected chi connectivity index (χ2v) is 11.6. The van der Waals surface area contributed by atoms with Crippen LogP contribution in [-0.4, -0.2) is 83.3 Å². The van der Waals surface area contributed by atoms with E-state index in [0.717, 1.165) is 41.7 Å². The molecule has 1 fully saturated rings. The number of fused-ring (bicyclic) bond motifs is 2. The van der Waals surface area contributed by atoms with E-state index in [1.54, 1.807) is 21.9 Å². The molecule has 43 heavy (non-hydrogen) atoms. The number of rotatable bonds is 6. The molecule has 1 aromatic heterocycles. The minimum atomic E-state index is -0.825. The Bertz CT molecular complexity index is 1630. The summed E-state index contributed by atoms with van der Waals surface area (Å²) >= 11 is 0. The highest BCUT2D eigenvalue weighted by Crippen LogP contribution is 2.29. The van der Waals surface area contributed by atoms with Crippen LogP contribution in [0.5, 0.6) is 0 Å². The molecule has 0 unspecified atom stereocenters. The van der Waals surface area contributed by atoms with Crippen LogP contribution in [0.3, 0.4) is 0 Å². The molecule has 0 saturated carbocycles. The molecule has 9 nitrogen and oxygen atoms in total. The number of likely N-dealkylation sites (N-methyl/N-ethyl adjacent to an activating group) is 1. The molecule has 3 N–H and O–H groups in total. The number of urea groups is 1. The number of anilines is 1. The summed E-state index contributed by atoms with van der Waals surface area (Å²) < 4.78 is 0. The van der Waals surface area contributed by atoms with E-state index in [2.05, 4.69) is 33.6 Å². The van der Waals surface area contributed by atoms with Gasteiger partial charge in [-0.2, -0.15) is 0 Å². The first-order chi connectivity index (χ1) is 20.9. The van der Waals surface area contributed by atoms with Gasteiger partial charge in [0.05, 0.1) is 0 Å². The maximum Gasteiger partial charge on any atom is 0.318 e. The van der Waals surface area contributed by atoms with Crippen molar-refractivity contribution in [3.8, 4) is 0 Å². The van der Waals surface area contributed by atoms with Crippen LogP contribution in [0.2, 0.25) is 0 Å². The number of nitrogens with one attached hydrogen (secondary N) is 3. The van der Waals surface area contributed by atoms with Crippen LogP contribution in [0, 0.1) is 0 Å². The van der Waals surface area contributed by atoms with Gasteiger partial charge in [0.25, 0.3) is 5.91 Å². The van der Waals surface area contributed by atoms with Crippen LogP contribution in [0.15, 0.2) is 79.0 Å². The average Bonchev–Trinajstić information content (AvgIpc) is 3.47. The monoisotopic (exact) mass is 578 g/mol. The Morgan fingerprint density at radius 1 is 0.837 bits per heavy atom. The molecule has 0 spiro atoms. The fourth-order valence-electron chi connectivity index (χ4n) is 6.16. The van der Waals surface area contributed by atoms with Gasteiger partial charge in [-0.1, -0.05) is 49.4 Å². The predicted octanol–water partition coefficient (Wildman–Crippen LogP) is 4.43. The number of piperazine rings is 1. The van der Waals surface area contributed by atoms with Gasteiger partial charge in [-0.3, -0.25) is 9.59 Å². The Morgan fingerprint density at radius 2 is 1.56 bits per heavy atom. The summed E-state index contributed by atoms with van der Waals surface area (Å²) in [5.74, 6) is -0.625. The third-order valence-corrected chi connectivity index (χ3v) is 8.73. The van der Waals surface area contributed by atoms with E-state index in [0.29, 0.717) is 31.7 Å². The van der Waals surface area contributed by atoms with Gasteiger partial charge in [0.2, 0.25) is 5.91 Å². The van der Waals surface area contributed by atoms with Crippen molar-refractivity contribution in [3.05, 3.63) is 101 Å². The Labute approximate surface area is 251 Å². The van der Waals surface area contributed by atoms with Crippen LogP contribution in [0.25, 0.3) is 10.9 Å². The number of H-pyrrole nitrogens is 1. The number of carbonyl (C=O) groups is 3. The first-order valence-corrected chi connectivity index (χ1v) is 14.9. The third-order valence-electron chi connectivity index (χ3n) is 8.73. The lowest BCUT2D eigenvalue weighted by molar-refractivity contribution is -0.118. The van der Waals surface area contributed by atoms with Crippen molar-refractivity contribution in [1.82, 2.24) is 25.0 Å². The number of carbonyl (C=O) groups excluding carboxylic acids is 3. The molecule has 0 aliphatic carbocycles. The fraction of sp³-hybridized carbons (Fsp3) is 0.324. The Hall–Kier alpha value is -4.63. The van der Waals surface area contributed by atoms with E-state index in [9.17, 15) is 14.4 Å². The average molecular weight is 579 g/mol. The number of para-hydroxylation sites is 1. The first kappa shape index (κ1) is 28.5. The standard InChI is InChI=1S/C34H38N6O3/c1-23(29-21-35-30-11-7-6-10-28(29)30)31(32(41)36-27-13-12-24-14-15-38(2)22-26(24)20-27)37-34(43)40-18-16-39(17-19-40)33(42)25-8-4-3-5-9-25/h3-13,20-21,23,31,35H,14-19,22H2,1-2H3,(H,36,41)(H,37,43)/t23-,31-/m1/s1. The van der Waals surface area contributed by atoms with E-state index in [-0.39, 0.29) is 23.8 Å². The number of benzene rings is 3. The smallest absolute Gasteiger partial charge is 0.318 e. The molecule has 3 aromatic carbocycles. The van der Waals surface area contributed by atoms with Gasteiger partial charge in [0.15, 0.2) is 0 Å². The number of amides is 4. The van der Waals surface area contributed by atoms with Gasteiger partial charge < -0.3 is 30.3 Å². The lowest BCUT2D eigenvalue weighted by Crippen LogP contribution is -2.57. The molecule has 2 aliphatic rings. The van der Waals surface area contributed by atoms with Crippen LogP contribution in [-0.2, 0) is 17.8 Å². The summed E-state index contributed by atoms with van der Waals surface area (Å²) in [6.07, 6.45) is 2.91. The van der Waals surface area contributed by atoms with Crippen molar-refractivity contribution in [2.75, 3.05) is 45.1 Å². The maximum absolute atomic E-state index is 13.9. The number of aromatic nitrogens is 1. The SMILES string of the molecule is C[C@H](c1c[nH]c2ccccc12)[C@@H](NC(=O)N1CCN(C(=O)c2ccccc2)CC1)C(=O)Nc1ccc2c(c1)CN(C)CC2. The van der Waals surface area contributed by atoms with E-state index >= 15 is 0 Å². The zero-order valence-electron chi connectivity index (χ0n) is 24.7. The molecule has 1 saturated heterocycles. The minimum absolute atomic E-state index is 0.0397. The van der Waals surface area contributed by atoms with Crippen molar-refractivity contribution in [3.63, 3.8) is 0 Å². The molecule has 4 aromatic rings. The van der Waals surface area contributed by atoms with Crippen LogP contribution < -0.4 is 10.6 Å². The summed E-state index contributed by atoms with van der Waals surface area (Å²) in [4.78, 5) is 49.4. The largest absolute Gasteiger partial charge is 0.361 e. The van der Waals surface area contributed by atoms with Crippen molar-refractivity contribution >= 4 is 34.4 Å². The van der Waals surface area contributed by atoms with Crippen molar-refractivity contribution < 1.29 is 14.4 Å². The Balaban J connectivity index is 1.19. The van der Waals surface area contributed by atoms with E-state index in [4.69, 9.17) is 0 Å². The highest BCUT2D eigenvalue weighted by molar-refractivity contribution is 5.99. The lowest BCUT2D eigenvalue weighted by atomic mass is 9.92.